The predicted molar refractivity (Wildman–Crippen MR) is 65.2 cm³/mol. The van der Waals surface area contributed by atoms with Crippen LogP contribution in [0, 0.1) is 18.6 Å². The number of rotatable bonds is 2. The van der Waals surface area contributed by atoms with Gasteiger partial charge in [-0.3, -0.25) is 0 Å². The average molecular weight is 234 g/mol. The average Bonchev–Trinajstić information content (AvgIpc) is 2.27. The van der Waals surface area contributed by atoms with Gasteiger partial charge in [0.05, 0.1) is 11.4 Å². The van der Waals surface area contributed by atoms with Crippen molar-refractivity contribution in [2.45, 2.75) is 6.92 Å². The molecule has 0 aliphatic rings. The van der Waals surface area contributed by atoms with Gasteiger partial charge in [0, 0.05) is 11.8 Å². The van der Waals surface area contributed by atoms with Crippen LogP contribution in [0.15, 0.2) is 36.4 Å². The molecule has 3 N–H and O–H groups in total. The standard InChI is InChI=1S/C13H12F2N2/c1-8-2-5-13(12(16)6-8)17-9-3-4-10(14)11(15)7-9/h2-7,17H,16H2,1H3. The van der Waals surface area contributed by atoms with Crippen molar-refractivity contribution in [2.24, 2.45) is 0 Å². The van der Waals surface area contributed by atoms with Gasteiger partial charge in [-0.05, 0) is 36.8 Å². The topological polar surface area (TPSA) is 38.0 Å². The number of anilines is 3. The minimum atomic E-state index is -0.888. The Morgan fingerprint density at radius 3 is 2.41 bits per heavy atom. The van der Waals surface area contributed by atoms with Crippen LogP contribution in [0.25, 0.3) is 0 Å². The molecular weight excluding hydrogens is 222 g/mol. The van der Waals surface area contributed by atoms with E-state index in [1.807, 2.05) is 19.1 Å². The summed E-state index contributed by atoms with van der Waals surface area (Å²) in [5.74, 6) is -1.76. The van der Waals surface area contributed by atoms with E-state index < -0.39 is 11.6 Å². The fourth-order valence-electron chi connectivity index (χ4n) is 1.53. The number of benzene rings is 2. The van der Waals surface area contributed by atoms with Crippen molar-refractivity contribution < 1.29 is 8.78 Å². The molecule has 0 amide bonds. The van der Waals surface area contributed by atoms with Crippen molar-refractivity contribution in [3.8, 4) is 0 Å². The Balaban J connectivity index is 2.28. The van der Waals surface area contributed by atoms with Gasteiger partial charge in [-0.1, -0.05) is 6.07 Å². The molecule has 0 saturated heterocycles. The lowest BCUT2D eigenvalue weighted by Crippen LogP contribution is -1.97. The van der Waals surface area contributed by atoms with E-state index in [1.54, 1.807) is 6.07 Å². The maximum atomic E-state index is 13.0. The molecule has 0 aromatic heterocycles. The summed E-state index contributed by atoms with van der Waals surface area (Å²) in [5, 5.41) is 2.94. The zero-order chi connectivity index (χ0) is 12.4. The Morgan fingerprint density at radius 1 is 1.00 bits per heavy atom. The summed E-state index contributed by atoms with van der Waals surface area (Å²) in [5.41, 5.74) is 8.54. The van der Waals surface area contributed by atoms with E-state index >= 15 is 0 Å². The van der Waals surface area contributed by atoms with Crippen LogP contribution in [0.2, 0.25) is 0 Å². The number of hydrogen-bond donors (Lipinski definition) is 2. The van der Waals surface area contributed by atoms with Crippen LogP contribution in [0.3, 0.4) is 0 Å². The molecule has 88 valence electrons. The van der Waals surface area contributed by atoms with Gasteiger partial charge in [0.25, 0.3) is 0 Å². The smallest absolute Gasteiger partial charge is 0.160 e. The molecule has 0 fully saturated rings. The second kappa shape index (κ2) is 4.41. The van der Waals surface area contributed by atoms with Crippen molar-refractivity contribution in [3.05, 3.63) is 53.6 Å². The number of nitrogen functional groups attached to an aromatic ring is 1. The SMILES string of the molecule is Cc1ccc(Nc2ccc(F)c(F)c2)c(N)c1. The van der Waals surface area contributed by atoms with Gasteiger partial charge in [0.15, 0.2) is 11.6 Å². The Kier molecular flexibility index (Phi) is 2.95. The fraction of sp³-hybridized carbons (Fsp3) is 0.0769. The molecule has 0 atom stereocenters. The Labute approximate surface area is 98.1 Å². The van der Waals surface area contributed by atoms with Crippen LogP contribution >= 0.6 is 0 Å². The summed E-state index contributed by atoms with van der Waals surface area (Å²) < 4.78 is 25.7. The molecule has 0 heterocycles. The number of halogens is 2. The monoisotopic (exact) mass is 234 g/mol. The summed E-state index contributed by atoms with van der Waals surface area (Å²) in [7, 11) is 0. The third kappa shape index (κ3) is 2.53. The minimum absolute atomic E-state index is 0.458. The van der Waals surface area contributed by atoms with Gasteiger partial charge in [0.1, 0.15) is 0 Å². The maximum absolute atomic E-state index is 13.0. The first-order valence-corrected chi connectivity index (χ1v) is 5.14. The molecule has 0 unspecified atom stereocenters. The van der Waals surface area contributed by atoms with Crippen LogP contribution in [0.4, 0.5) is 25.8 Å². The Bertz CT molecular complexity index is 553. The van der Waals surface area contributed by atoms with Gasteiger partial charge >= 0.3 is 0 Å². The van der Waals surface area contributed by atoms with Gasteiger partial charge in [-0.15, -0.1) is 0 Å². The molecule has 0 aliphatic carbocycles. The van der Waals surface area contributed by atoms with E-state index in [0.29, 0.717) is 17.1 Å². The molecule has 0 aliphatic heterocycles. The predicted octanol–water partition coefficient (Wildman–Crippen LogP) is 3.60. The zero-order valence-corrected chi connectivity index (χ0v) is 9.30. The highest BCUT2D eigenvalue weighted by Crippen LogP contribution is 2.24. The second-order valence-corrected chi connectivity index (χ2v) is 3.84. The van der Waals surface area contributed by atoms with E-state index in [1.165, 1.54) is 6.07 Å². The lowest BCUT2D eigenvalue weighted by molar-refractivity contribution is 0.509. The van der Waals surface area contributed by atoms with E-state index in [-0.39, 0.29) is 0 Å². The first-order valence-electron chi connectivity index (χ1n) is 5.14. The van der Waals surface area contributed by atoms with Crippen molar-refractivity contribution in [1.82, 2.24) is 0 Å². The Hall–Kier alpha value is -2.10. The quantitative estimate of drug-likeness (QED) is 0.779. The van der Waals surface area contributed by atoms with Crippen LogP contribution in [0.5, 0.6) is 0 Å². The highest BCUT2D eigenvalue weighted by atomic mass is 19.2. The van der Waals surface area contributed by atoms with Crippen LogP contribution in [0.1, 0.15) is 5.56 Å². The van der Waals surface area contributed by atoms with E-state index in [0.717, 1.165) is 17.7 Å². The summed E-state index contributed by atoms with van der Waals surface area (Å²) in [6.45, 7) is 1.93. The normalized spacial score (nSPS) is 10.3. The van der Waals surface area contributed by atoms with Gasteiger partial charge < -0.3 is 11.1 Å². The summed E-state index contributed by atoms with van der Waals surface area (Å²) in [6, 6.07) is 9.11. The first kappa shape index (κ1) is 11.4. The van der Waals surface area contributed by atoms with Gasteiger partial charge in [-0.2, -0.15) is 0 Å². The largest absolute Gasteiger partial charge is 0.397 e. The molecule has 0 bridgehead atoms. The zero-order valence-electron chi connectivity index (χ0n) is 9.30. The van der Waals surface area contributed by atoms with E-state index in [9.17, 15) is 8.78 Å². The molecule has 2 nitrogen and oxygen atoms in total. The lowest BCUT2D eigenvalue weighted by atomic mass is 10.2. The van der Waals surface area contributed by atoms with Crippen molar-refractivity contribution in [3.63, 3.8) is 0 Å². The third-order valence-electron chi connectivity index (χ3n) is 2.41. The molecule has 0 spiro atoms. The first-order chi connectivity index (χ1) is 8.06. The minimum Gasteiger partial charge on any atom is -0.397 e. The molecule has 0 radical (unpaired) electrons. The van der Waals surface area contributed by atoms with Crippen molar-refractivity contribution in [1.29, 1.82) is 0 Å². The summed E-state index contributed by atoms with van der Waals surface area (Å²) in [6.07, 6.45) is 0. The Morgan fingerprint density at radius 2 is 1.76 bits per heavy atom. The highest BCUT2D eigenvalue weighted by molar-refractivity contribution is 5.73. The van der Waals surface area contributed by atoms with Crippen LogP contribution in [-0.4, -0.2) is 0 Å². The number of nitrogens with one attached hydrogen (secondary N) is 1. The maximum Gasteiger partial charge on any atom is 0.160 e. The summed E-state index contributed by atoms with van der Waals surface area (Å²) >= 11 is 0. The molecule has 4 heteroatoms. The molecule has 0 saturated carbocycles. The van der Waals surface area contributed by atoms with Crippen LogP contribution < -0.4 is 11.1 Å². The second-order valence-electron chi connectivity index (χ2n) is 3.84. The summed E-state index contributed by atoms with van der Waals surface area (Å²) in [4.78, 5) is 0. The molecule has 2 rings (SSSR count). The highest BCUT2D eigenvalue weighted by Gasteiger charge is 2.04. The third-order valence-corrected chi connectivity index (χ3v) is 2.41. The van der Waals surface area contributed by atoms with Crippen LogP contribution in [-0.2, 0) is 0 Å². The van der Waals surface area contributed by atoms with Crippen molar-refractivity contribution in [2.75, 3.05) is 11.1 Å². The molecule has 2 aromatic carbocycles. The molecule has 17 heavy (non-hydrogen) atoms. The fourth-order valence-corrected chi connectivity index (χ4v) is 1.53. The number of nitrogens with two attached hydrogens (primary N) is 1. The van der Waals surface area contributed by atoms with Crippen molar-refractivity contribution >= 4 is 17.1 Å². The number of aryl methyl sites for hydroxylation is 1. The van der Waals surface area contributed by atoms with Gasteiger partial charge in [0.2, 0.25) is 0 Å². The van der Waals surface area contributed by atoms with Gasteiger partial charge in [-0.25, -0.2) is 8.78 Å². The van der Waals surface area contributed by atoms with E-state index in [4.69, 9.17) is 5.73 Å². The van der Waals surface area contributed by atoms with E-state index in [2.05, 4.69) is 5.32 Å². The number of hydrogen-bond acceptors (Lipinski definition) is 2. The molecule has 2 aromatic rings. The molecular formula is C13H12F2N2. The lowest BCUT2D eigenvalue weighted by Gasteiger charge is -2.10.